The molecule has 0 fully saturated rings. The molecule has 0 saturated carbocycles. The standard InChI is InChI=1S/C20H22ClF3N4O4/c1-3-14(19(30)31)27-7-6-15-12(18(27)20(22,23)24)9-25-28(15)10-17(29)26-13-8-11(21)4-5-16(13)32-2/h4-5,8-9,14,18H,3,6-7,10H2,1-2H3,(H,26,29)(H,30,31). The number of hydrogen-bond donors (Lipinski definition) is 2. The number of carboxylic acid groups (broad SMARTS) is 1. The number of amides is 1. The van der Waals surface area contributed by atoms with Gasteiger partial charge in [-0.2, -0.15) is 18.3 Å². The lowest BCUT2D eigenvalue weighted by atomic mass is 9.95. The number of halogens is 4. The Labute approximate surface area is 186 Å². The summed E-state index contributed by atoms with van der Waals surface area (Å²) in [6, 6.07) is 1.26. The van der Waals surface area contributed by atoms with Crippen LogP contribution in [0.15, 0.2) is 24.4 Å². The third-order valence-electron chi connectivity index (χ3n) is 5.33. The quantitative estimate of drug-likeness (QED) is 0.637. The lowest BCUT2D eigenvalue weighted by Crippen LogP contribution is -2.51. The number of nitrogens with zero attached hydrogens (tertiary/aromatic N) is 3. The van der Waals surface area contributed by atoms with E-state index in [-0.39, 0.29) is 37.2 Å². The fourth-order valence-corrected chi connectivity index (χ4v) is 4.13. The van der Waals surface area contributed by atoms with E-state index in [4.69, 9.17) is 16.3 Å². The predicted molar refractivity (Wildman–Crippen MR) is 110 cm³/mol. The zero-order valence-electron chi connectivity index (χ0n) is 17.3. The Hall–Kier alpha value is -2.79. The molecule has 2 aromatic rings. The van der Waals surface area contributed by atoms with Gasteiger partial charge in [-0.3, -0.25) is 19.2 Å². The van der Waals surface area contributed by atoms with Crippen molar-refractivity contribution < 1.29 is 32.6 Å². The highest BCUT2D eigenvalue weighted by molar-refractivity contribution is 6.31. The summed E-state index contributed by atoms with van der Waals surface area (Å²) in [6.45, 7) is 1.07. The van der Waals surface area contributed by atoms with Crippen LogP contribution in [0.3, 0.4) is 0 Å². The smallest absolute Gasteiger partial charge is 0.408 e. The number of methoxy groups -OCH3 is 1. The highest BCUT2D eigenvalue weighted by atomic mass is 35.5. The summed E-state index contributed by atoms with van der Waals surface area (Å²) >= 11 is 5.95. The van der Waals surface area contributed by atoms with Crippen LogP contribution in [0.4, 0.5) is 18.9 Å². The normalized spacial score (nSPS) is 17.5. The molecule has 3 rings (SSSR count). The molecule has 1 aliphatic rings. The number of carbonyl (C=O) groups excluding carboxylic acids is 1. The first kappa shape index (κ1) is 23.9. The van der Waals surface area contributed by atoms with E-state index in [1.807, 2.05) is 0 Å². The van der Waals surface area contributed by atoms with Gasteiger partial charge in [0.25, 0.3) is 0 Å². The lowest BCUT2D eigenvalue weighted by molar-refractivity contribution is -0.198. The molecule has 1 aromatic carbocycles. The number of carbonyl (C=O) groups is 2. The monoisotopic (exact) mass is 474 g/mol. The van der Waals surface area contributed by atoms with Gasteiger partial charge in [-0.1, -0.05) is 18.5 Å². The van der Waals surface area contributed by atoms with Crippen molar-refractivity contribution in [3.8, 4) is 5.75 Å². The molecule has 12 heteroatoms. The fourth-order valence-electron chi connectivity index (χ4n) is 3.96. The first-order chi connectivity index (χ1) is 15.1. The molecule has 8 nitrogen and oxygen atoms in total. The zero-order valence-corrected chi connectivity index (χ0v) is 18.1. The Balaban J connectivity index is 1.86. The molecular weight excluding hydrogens is 453 g/mol. The topological polar surface area (TPSA) is 96.7 Å². The number of carboxylic acids is 1. The van der Waals surface area contributed by atoms with Crippen molar-refractivity contribution in [1.29, 1.82) is 0 Å². The van der Waals surface area contributed by atoms with Gasteiger partial charge < -0.3 is 15.2 Å². The molecule has 1 aliphatic heterocycles. The van der Waals surface area contributed by atoms with Crippen LogP contribution in [0.25, 0.3) is 0 Å². The molecule has 2 atom stereocenters. The molecule has 1 aromatic heterocycles. The maximum atomic E-state index is 13.9. The first-order valence-corrected chi connectivity index (χ1v) is 10.2. The summed E-state index contributed by atoms with van der Waals surface area (Å²) in [7, 11) is 1.42. The average Bonchev–Trinajstić information content (AvgIpc) is 3.09. The van der Waals surface area contributed by atoms with Crippen molar-refractivity contribution in [1.82, 2.24) is 14.7 Å². The van der Waals surface area contributed by atoms with Crippen molar-refractivity contribution in [2.45, 2.75) is 44.6 Å². The van der Waals surface area contributed by atoms with Crippen LogP contribution >= 0.6 is 11.6 Å². The van der Waals surface area contributed by atoms with E-state index in [0.717, 1.165) is 11.1 Å². The molecule has 2 N–H and O–H groups in total. The van der Waals surface area contributed by atoms with Crippen molar-refractivity contribution in [2.24, 2.45) is 0 Å². The minimum atomic E-state index is -4.71. The number of aliphatic carboxylic acids is 1. The van der Waals surface area contributed by atoms with Gasteiger partial charge in [-0.05, 0) is 24.6 Å². The van der Waals surface area contributed by atoms with Crippen molar-refractivity contribution in [3.05, 3.63) is 40.7 Å². The number of alkyl halides is 3. The third-order valence-corrected chi connectivity index (χ3v) is 5.56. The number of nitrogens with one attached hydrogen (secondary N) is 1. The number of fused-ring (bicyclic) bond motifs is 1. The third kappa shape index (κ3) is 4.83. The van der Waals surface area contributed by atoms with E-state index in [0.29, 0.717) is 16.5 Å². The molecule has 2 heterocycles. The Kier molecular flexibility index (Phi) is 6.99. The van der Waals surface area contributed by atoms with Gasteiger partial charge in [0.05, 0.1) is 19.0 Å². The van der Waals surface area contributed by atoms with Gasteiger partial charge in [-0.15, -0.1) is 0 Å². The summed E-state index contributed by atoms with van der Waals surface area (Å²) in [5.74, 6) is -1.47. The van der Waals surface area contributed by atoms with E-state index < -0.39 is 30.1 Å². The molecule has 32 heavy (non-hydrogen) atoms. The second-order valence-electron chi connectivity index (χ2n) is 7.29. The molecule has 2 unspecified atom stereocenters. The molecular formula is C20H22ClF3N4O4. The number of aromatic nitrogens is 2. The largest absolute Gasteiger partial charge is 0.495 e. The fraction of sp³-hybridized carbons (Fsp3) is 0.450. The molecule has 0 radical (unpaired) electrons. The number of benzene rings is 1. The molecule has 1 amide bonds. The molecule has 174 valence electrons. The molecule has 0 spiro atoms. The second kappa shape index (κ2) is 9.37. The van der Waals surface area contributed by atoms with Crippen molar-refractivity contribution >= 4 is 29.2 Å². The van der Waals surface area contributed by atoms with Gasteiger partial charge in [0.2, 0.25) is 5.91 Å². The molecule has 0 bridgehead atoms. The Morgan fingerprint density at radius 2 is 2.12 bits per heavy atom. The molecule has 0 aliphatic carbocycles. The average molecular weight is 475 g/mol. The number of rotatable bonds is 7. The summed E-state index contributed by atoms with van der Waals surface area (Å²) in [5, 5.41) is 16.4. The van der Waals surface area contributed by atoms with Crippen LogP contribution in [0.1, 0.15) is 30.6 Å². The minimum absolute atomic E-state index is 0.0231. The number of anilines is 1. The van der Waals surface area contributed by atoms with E-state index >= 15 is 0 Å². The highest BCUT2D eigenvalue weighted by Crippen LogP contribution is 2.43. The van der Waals surface area contributed by atoms with Gasteiger partial charge >= 0.3 is 12.1 Å². The Morgan fingerprint density at radius 1 is 1.41 bits per heavy atom. The van der Waals surface area contributed by atoms with Crippen LogP contribution in [-0.2, 0) is 22.6 Å². The van der Waals surface area contributed by atoms with E-state index in [9.17, 15) is 27.9 Å². The van der Waals surface area contributed by atoms with Crippen LogP contribution in [-0.4, -0.2) is 57.5 Å². The summed E-state index contributed by atoms with van der Waals surface area (Å²) < 4.78 is 48.2. The maximum absolute atomic E-state index is 13.9. The summed E-state index contributed by atoms with van der Waals surface area (Å²) in [6.07, 6.45) is -3.50. The number of hydrogen-bond acceptors (Lipinski definition) is 5. The van der Waals surface area contributed by atoms with Gasteiger partial charge in [0.1, 0.15) is 24.4 Å². The maximum Gasteiger partial charge on any atom is 0.408 e. The van der Waals surface area contributed by atoms with Gasteiger partial charge in [0, 0.05) is 29.2 Å². The highest BCUT2D eigenvalue weighted by Gasteiger charge is 2.51. The summed E-state index contributed by atoms with van der Waals surface area (Å²) in [4.78, 5) is 25.0. The van der Waals surface area contributed by atoms with Crippen LogP contribution in [0.2, 0.25) is 5.02 Å². The SMILES string of the molecule is CCC(C(=O)O)N1CCc2c(cnn2CC(=O)Nc2cc(Cl)ccc2OC)C1C(F)(F)F. The lowest BCUT2D eigenvalue weighted by Gasteiger charge is -2.39. The molecule has 0 saturated heterocycles. The zero-order chi connectivity index (χ0) is 23.6. The van der Waals surface area contributed by atoms with E-state index in [1.54, 1.807) is 12.1 Å². The van der Waals surface area contributed by atoms with Gasteiger partial charge in [0.15, 0.2) is 0 Å². The first-order valence-electron chi connectivity index (χ1n) is 9.80. The van der Waals surface area contributed by atoms with Gasteiger partial charge in [-0.25, -0.2) is 0 Å². The Morgan fingerprint density at radius 3 is 2.72 bits per heavy atom. The second-order valence-corrected chi connectivity index (χ2v) is 7.73. The van der Waals surface area contributed by atoms with Crippen LogP contribution < -0.4 is 10.1 Å². The van der Waals surface area contributed by atoms with E-state index in [1.165, 1.54) is 24.8 Å². The van der Waals surface area contributed by atoms with Crippen molar-refractivity contribution in [2.75, 3.05) is 19.0 Å². The summed E-state index contributed by atoms with van der Waals surface area (Å²) in [5.41, 5.74) is 0.422. The van der Waals surface area contributed by atoms with Crippen molar-refractivity contribution in [3.63, 3.8) is 0 Å². The van der Waals surface area contributed by atoms with E-state index in [2.05, 4.69) is 10.4 Å². The van der Waals surface area contributed by atoms with Crippen LogP contribution in [0, 0.1) is 0 Å². The Bertz CT molecular complexity index is 1010. The number of ether oxygens (including phenoxy) is 1. The van der Waals surface area contributed by atoms with Crippen LogP contribution in [0.5, 0.6) is 5.75 Å². The minimum Gasteiger partial charge on any atom is -0.495 e. The predicted octanol–water partition coefficient (Wildman–Crippen LogP) is 3.51.